The number of allylic oxidation sites excluding steroid dienone is 1. The Labute approximate surface area is 209 Å². The Hall–Kier alpha value is -3.44. The van der Waals surface area contributed by atoms with Crippen LogP contribution in [0.25, 0.3) is 6.08 Å². The topological polar surface area (TPSA) is 133 Å². The second kappa shape index (κ2) is 10.3. The van der Waals surface area contributed by atoms with E-state index in [0.717, 1.165) is 9.87 Å². The molecule has 3 aliphatic heterocycles. The summed E-state index contributed by atoms with van der Waals surface area (Å²) in [6, 6.07) is 4.15. The Bertz CT molecular complexity index is 1270. The average Bonchev–Trinajstić information content (AvgIpc) is 3.45. The summed E-state index contributed by atoms with van der Waals surface area (Å²) in [5.41, 5.74) is 1.24. The minimum absolute atomic E-state index is 0.0761. The number of nitrogens with one attached hydrogen (secondary N) is 1. The molecule has 0 spiro atoms. The molecule has 0 radical (unpaired) electrons. The molecule has 0 aliphatic carbocycles. The number of hydrogen-bond donors (Lipinski definition) is 1. The third kappa shape index (κ3) is 4.68. The Morgan fingerprint density at radius 3 is 2.61 bits per heavy atom. The summed E-state index contributed by atoms with van der Waals surface area (Å²) >= 11 is 0. The van der Waals surface area contributed by atoms with Crippen molar-refractivity contribution < 1.29 is 27.6 Å². The fourth-order valence-corrected chi connectivity index (χ4v) is 6.52. The minimum atomic E-state index is -4.29. The van der Waals surface area contributed by atoms with E-state index in [2.05, 4.69) is 16.9 Å². The first-order valence-electron chi connectivity index (χ1n) is 11.8. The van der Waals surface area contributed by atoms with Gasteiger partial charge in [-0.05, 0) is 30.5 Å². The third-order valence-corrected chi connectivity index (χ3v) is 8.48. The molecule has 0 bridgehead atoms. The first-order valence-corrected chi connectivity index (χ1v) is 13.3. The van der Waals surface area contributed by atoms with Crippen molar-refractivity contribution in [2.45, 2.75) is 50.7 Å². The second-order valence-corrected chi connectivity index (χ2v) is 10.7. The molecule has 0 saturated carbocycles. The van der Waals surface area contributed by atoms with Crippen LogP contribution in [0, 0.1) is 0 Å². The Balaban J connectivity index is 1.52. The highest BCUT2D eigenvalue weighted by molar-refractivity contribution is 8.06. The van der Waals surface area contributed by atoms with Crippen LogP contribution in [0.3, 0.4) is 0 Å². The van der Waals surface area contributed by atoms with Gasteiger partial charge >= 0.3 is 0 Å². The fraction of sp³-hybridized carbons (Fsp3) is 0.400. The summed E-state index contributed by atoms with van der Waals surface area (Å²) in [5, 5.41) is 2.19. The zero-order chi connectivity index (χ0) is 26.0. The Morgan fingerprint density at radius 2 is 1.97 bits per heavy atom. The molecule has 10 nitrogen and oxygen atoms in total. The van der Waals surface area contributed by atoms with Gasteiger partial charge in [0.15, 0.2) is 11.6 Å². The lowest BCUT2D eigenvalue weighted by Crippen LogP contribution is -2.52. The van der Waals surface area contributed by atoms with E-state index in [0.29, 0.717) is 18.4 Å². The van der Waals surface area contributed by atoms with E-state index in [1.807, 2.05) is 6.92 Å². The number of sulfonamides is 1. The summed E-state index contributed by atoms with van der Waals surface area (Å²) in [7, 11) is -4.29. The third-order valence-electron chi connectivity index (χ3n) is 6.64. The van der Waals surface area contributed by atoms with Crippen molar-refractivity contribution in [3.05, 3.63) is 54.2 Å². The molecule has 36 heavy (non-hydrogen) atoms. The highest BCUT2D eigenvalue weighted by Crippen LogP contribution is 2.33. The molecule has 3 atom stereocenters. The van der Waals surface area contributed by atoms with Crippen molar-refractivity contribution in [2.75, 3.05) is 13.1 Å². The van der Waals surface area contributed by atoms with Gasteiger partial charge in [-0.2, -0.15) is 4.31 Å². The van der Waals surface area contributed by atoms with E-state index in [-0.39, 0.29) is 19.4 Å². The van der Waals surface area contributed by atoms with Crippen LogP contribution in [0.15, 0.2) is 48.1 Å². The van der Waals surface area contributed by atoms with Gasteiger partial charge in [0, 0.05) is 24.7 Å². The number of benzene rings is 1. The quantitative estimate of drug-likeness (QED) is 0.585. The number of carbonyl (C=O) groups excluding carboxylic acids is 4. The van der Waals surface area contributed by atoms with Crippen molar-refractivity contribution in [1.29, 1.82) is 0 Å². The van der Waals surface area contributed by atoms with E-state index in [4.69, 9.17) is 0 Å². The number of rotatable bonds is 7. The van der Waals surface area contributed by atoms with E-state index in [9.17, 15) is 27.6 Å². The fourth-order valence-electron chi connectivity index (χ4n) is 4.86. The molecule has 11 heteroatoms. The van der Waals surface area contributed by atoms with Gasteiger partial charge in [-0.1, -0.05) is 44.2 Å². The van der Waals surface area contributed by atoms with Crippen LogP contribution in [0.4, 0.5) is 0 Å². The predicted octanol–water partition coefficient (Wildman–Crippen LogP) is 1.30. The van der Waals surface area contributed by atoms with Crippen LogP contribution in [0.1, 0.15) is 48.5 Å². The van der Waals surface area contributed by atoms with Gasteiger partial charge in [0.1, 0.15) is 12.1 Å². The molecule has 1 N–H and O–H groups in total. The number of ketones is 2. The standard InChI is InChI=1S/C25H28N4O6S/c1-3-6-18(27-23(32)17-10-8-16(4-2)9-11-17)25(33)28-14-12-19-22(28)21(31)15-29(19)36(34,35)24-20(30)7-5-13-26-24/h4-5,8-11,13,18-19,22H,2-3,6-7,12,14-15H2,1H3,(H,27,32). The maximum Gasteiger partial charge on any atom is 0.264 e. The smallest absolute Gasteiger partial charge is 0.264 e. The van der Waals surface area contributed by atoms with Gasteiger partial charge in [-0.3, -0.25) is 19.2 Å². The molecular formula is C25H28N4O6S. The SMILES string of the molecule is C=Cc1ccc(C(=O)NC(CCC)C(=O)N2CCC3C2C(=O)CN3S(=O)(=O)C2=NC=CCC2=O)cc1. The van der Waals surface area contributed by atoms with Crippen molar-refractivity contribution in [3.63, 3.8) is 0 Å². The van der Waals surface area contributed by atoms with E-state index in [1.54, 1.807) is 30.3 Å². The molecule has 4 rings (SSSR count). The lowest BCUT2D eigenvalue weighted by molar-refractivity contribution is -0.138. The highest BCUT2D eigenvalue weighted by atomic mass is 32.2. The average molecular weight is 513 g/mol. The number of likely N-dealkylation sites (tertiary alicyclic amines) is 1. The summed E-state index contributed by atoms with van der Waals surface area (Å²) in [5.74, 6) is -1.90. The van der Waals surface area contributed by atoms with Crippen LogP contribution < -0.4 is 5.32 Å². The maximum atomic E-state index is 13.5. The number of Topliss-reactive ketones (excluding diaryl/α,β-unsaturated/α-hetero) is 2. The van der Waals surface area contributed by atoms with Gasteiger partial charge in [0.2, 0.25) is 11.0 Å². The molecule has 2 amide bonds. The van der Waals surface area contributed by atoms with Gasteiger partial charge in [0.25, 0.3) is 15.9 Å². The summed E-state index contributed by atoms with van der Waals surface area (Å²) in [6.45, 7) is 5.29. The predicted molar refractivity (Wildman–Crippen MR) is 133 cm³/mol. The van der Waals surface area contributed by atoms with Crippen LogP contribution in [-0.2, 0) is 24.4 Å². The van der Waals surface area contributed by atoms with Gasteiger partial charge in [-0.15, -0.1) is 0 Å². The lowest BCUT2D eigenvalue weighted by atomic mass is 10.1. The number of amides is 2. The number of aliphatic imine (C=N–C) groups is 1. The Morgan fingerprint density at radius 1 is 1.25 bits per heavy atom. The largest absolute Gasteiger partial charge is 0.340 e. The van der Waals surface area contributed by atoms with Crippen molar-refractivity contribution in [1.82, 2.24) is 14.5 Å². The molecule has 3 unspecified atom stereocenters. The van der Waals surface area contributed by atoms with Gasteiger partial charge < -0.3 is 10.2 Å². The van der Waals surface area contributed by atoms with E-state index < -0.39 is 63.1 Å². The molecule has 0 aromatic heterocycles. The number of nitrogens with zero attached hydrogens (tertiary/aromatic N) is 3. The Kier molecular flexibility index (Phi) is 7.32. The second-order valence-electron chi connectivity index (χ2n) is 8.94. The van der Waals surface area contributed by atoms with Crippen molar-refractivity contribution in [2.24, 2.45) is 4.99 Å². The van der Waals surface area contributed by atoms with Crippen LogP contribution in [0.5, 0.6) is 0 Å². The number of carbonyl (C=O) groups is 4. The van der Waals surface area contributed by atoms with Gasteiger partial charge in [-0.25, -0.2) is 13.4 Å². The van der Waals surface area contributed by atoms with Crippen molar-refractivity contribution in [3.8, 4) is 0 Å². The van der Waals surface area contributed by atoms with E-state index in [1.165, 1.54) is 17.2 Å². The number of hydrogen-bond acceptors (Lipinski definition) is 7. The minimum Gasteiger partial charge on any atom is -0.340 e. The molecule has 3 heterocycles. The highest BCUT2D eigenvalue weighted by Gasteiger charge is 2.55. The van der Waals surface area contributed by atoms with Crippen molar-refractivity contribution >= 4 is 44.5 Å². The van der Waals surface area contributed by atoms with Crippen LogP contribution in [-0.4, -0.2) is 77.3 Å². The molecule has 2 fully saturated rings. The lowest BCUT2D eigenvalue weighted by Gasteiger charge is -2.28. The van der Waals surface area contributed by atoms with Crippen LogP contribution in [0.2, 0.25) is 0 Å². The molecular weight excluding hydrogens is 484 g/mol. The summed E-state index contributed by atoms with van der Waals surface area (Å²) < 4.78 is 27.3. The van der Waals surface area contributed by atoms with Crippen LogP contribution >= 0.6 is 0 Å². The maximum absolute atomic E-state index is 13.5. The molecule has 2 saturated heterocycles. The van der Waals surface area contributed by atoms with E-state index >= 15 is 0 Å². The summed E-state index contributed by atoms with van der Waals surface area (Å²) in [6.07, 6.45) is 5.52. The monoisotopic (exact) mass is 512 g/mol. The van der Waals surface area contributed by atoms with Gasteiger partial charge in [0.05, 0.1) is 12.6 Å². The normalized spacial score (nSPS) is 22.8. The first kappa shape index (κ1) is 25.6. The molecule has 190 valence electrons. The first-order chi connectivity index (χ1) is 17.2. The molecule has 3 aliphatic rings. The summed E-state index contributed by atoms with van der Waals surface area (Å²) in [4.78, 5) is 56.6. The zero-order valence-electron chi connectivity index (χ0n) is 19.9. The zero-order valence-corrected chi connectivity index (χ0v) is 20.7. The number of fused-ring (bicyclic) bond motifs is 1. The molecule has 1 aromatic rings. The molecule has 1 aromatic carbocycles.